The third-order valence-electron chi connectivity index (χ3n) is 2.50. The van der Waals surface area contributed by atoms with Crippen LogP contribution in [-0.2, 0) is 0 Å². The van der Waals surface area contributed by atoms with Gasteiger partial charge >= 0.3 is 0 Å². The van der Waals surface area contributed by atoms with E-state index in [1.165, 1.54) is 19.3 Å². The molecule has 0 N–H and O–H groups in total. The fourth-order valence-electron chi connectivity index (χ4n) is 1.54. The molecule has 0 saturated heterocycles. The van der Waals surface area contributed by atoms with E-state index in [0.29, 0.717) is 5.92 Å². The van der Waals surface area contributed by atoms with E-state index in [1.807, 2.05) is 30.3 Å². The first kappa shape index (κ1) is 11.1. The summed E-state index contributed by atoms with van der Waals surface area (Å²) in [6.07, 6.45) is 3.72. The van der Waals surface area contributed by atoms with Gasteiger partial charge in [0, 0.05) is 0 Å². The van der Waals surface area contributed by atoms with Crippen LogP contribution in [0.2, 0.25) is 0 Å². The highest BCUT2D eigenvalue weighted by atomic mass is 16.5. The van der Waals surface area contributed by atoms with Gasteiger partial charge in [0.25, 0.3) is 0 Å². The number of benzene rings is 1. The van der Waals surface area contributed by atoms with E-state index >= 15 is 0 Å². The van der Waals surface area contributed by atoms with E-state index in [4.69, 9.17) is 4.74 Å². The van der Waals surface area contributed by atoms with Crippen LogP contribution in [0.1, 0.15) is 33.1 Å². The molecule has 78 valence electrons. The smallest absolute Gasteiger partial charge is 0.119 e. The van der Waals surface area contributed by atoms with Crippen LogP contribution in [-0.4, -0.2) is 6.61 Å². The van der Waals surface area contributed by atoms with E-state index in [2.05, 4.69) is 13.8 Å². The van der Waals surface area contributed by atoms with Crippen molar-refractivity contribution in [3.8, 4) is 5.75 Å². The summed E-state index contributed by atoms with van der Waals surface area (Å²) in [4.78, 5) is 0. The van der Waals surface area contributed by atoms with Gasteiger partial charge in [0.2, 0.25) is 0 Å². The summed E-state index contributed by atoms with van der Waals surface area (Å²) in [7, 11) is 0. The fourth-order valence-corrected chi connectivity index (χ4v) is 1.54. The summed E-state index contributed by atoms with van der Waals surface area (Å²) in [6, 6.07) is 10.1. The van der Waals surface area contributed by atoms with E-state index in [9.17, 15) is 0 Å². The van der Waals surface area contributed by atoms with E-state index in [1.54, 1.807) is 0 Å². The molecule has 1 nitrogen and oxygen atoms in total. The molecule has 1 heteroatoms. The Balaban J connectivity index is 2.32. The van der Waals surface area contributed by atoms with Crippen molar-refractivity contribution in [2.45, 2.75) is 33.1 Å². The monoisotopic (exact) mass is 192 g/mol. The van der Waals surface area contributed by atoms with Gasteiger partial charge in [-0.2, -0.15) is 0 Å². The standard InChI is InChI=1S/C13H20O/c1-3-8-12(4-2)11-14-13-9-6-5-7-10-13/h5-7,9-10,12H,3-4,8,11H2,1-2H3. The first-order chi connectivity index (χ1) is 6.86. The minimum atomic E-state index is 0.709. The molecule has 0 amide bonds. The average Bonchev–Trinajstić information content (AvgIpc) is 2.25. The molecule has 0 radical (unpaired) electrons. The highest BCUT2D eigenvalue weighted by molar-refractivity contribution is 5.20. The lowest BCUT2D eigenvalue weighted by Gasteiger charge is -2.14. The van der Waals surface area contributed by atoms with E-state index in [-0.39, 0.29) is 0 Å². The van der Waals surface area contributed by atoms with Crippen LogP contribution in [0.3, 0.4) is 0 Å². The third-order valence-corrected chi connectivity index (χ3v) is 2.50. The van der Waals surface area contributed by atoms with Crippen LogP contribution < -0.4 is 4.74 Å². The van der Waals surface area contributed by atoms with E-state index in [0.717, 1.165) is 12.4 Å². The first-order valence-electron chi connectivity index (χ1n) is 5.54. The number of ether oxygens (including phenoxy) is 1. The molecule has 14 heavy (non-hydrogen) atoms. The fraction of sp³-hybridized carbons (Fsp3) is 0.538. The molecule has 0 spiro atoms. The zero-order valence-corrected chi connectivity index (χ0v) is 9.20. The third kappa shape index (κ3) is 3.82. The number of hydrogen-bond donors (Lipinski definition) is 0. The molecule has 1 rings (SSSR count). The van der Waals surface area contributed by atoms with Crippen molar-refractivity contribution in [3.63, 3.8) is 0 Å². The molecule has 1 atom stereocenters. The zero-order valence-electron chi connectivity index (χ0n) is 9.20. The molecule has 1 aromatic rings. The highest BCUT2D eigenvalue weighted by Gasteiger charge is 2.05. The van der Waals surface area contributed by atoms with Gasteiger partial charge in [-0.25, -0.2) is 0 Å². The van der Waals surface area contributed by atoms with Crippen molar-refractivity contribution >= 4 is 0 Å². The van der Waals surface area contributed by atoms with Gasteiger partial charge in [-0.05, 0) is 24.5 Å². The van der Waals surface area contributed by atoms with Crippen molar-refractivity contribution in [1.29, 1.82) is 0 Å². The lowest BCUT2D eigenvalue weighted by molar-refractivity contribution is 0.235. The second kappa shape index (κ2) is 6.47. The van der Waals surface area contributed by atoms with Crippen molar-refractivity contribution in [1.82, 2.24) is 0 Å². The topological polar surface area (TPSA) is 9.23 Å². The summed E-state index contributed by atoms with van der Waals surface area (Å²) < 4.78 is 5.71. The quantitative estimate of drug-likeness (QED) is 0.664. The Bertz CT molecular complexity index is 230. The Kier molecular flexibility index (Phi) is 5.13. The van der Waals surface area contributed by atoms with Crippen LogP contribution in [0.15, 0.2) is 30.3 Å². The lowest BCUT2D eigenvalue weighted by Crippen LogP contribution is -2.10. The number of hydrogen-bond acceptors (Lipinski definition) is 1. The SMILES string of the molecule is CCCC(CC)COc1ccccc1. The second-order valence-corrected chi connectivity index (χ2v) is 3.69. The number of rotatable bonds is 6. The molecule has 1 unspecified atom stereocenters. The molecular weight excluding hydrogens is 172 g/mol. The molecule has 0 bridgehead atoms. The number of para-hydroxylation sites is 1. The minimum Gasteiger partial charge on any atom is -0.493 e. The van der Waals surface area contributed by atoms with Gasteiger partial charge < -0.3 is 4.74 Å². The van der Waals surface area contributed by atoms with E-state index < -0.39 is 0 Å². The molecule has 0 heterocycles. The summed E-state index contributed by atoms with van der Waals surface area (Å²) >= 11 is 0. The largest absolute Gasteiger partial charge is 0.493 e. The van der Waals surface area contributed by atoms with Crippen molar-refractivity contribution < 1.29 is 4.74 Å². The summed E-state index contributed by atoms with van der Waals surface area (Å²) in [5.74, 6) is 1.70. The van der Waals surface area contributed by atoms with Gasteiger partial charge in [-0.15, -0.1) is 0 Å². The van der Waals surface area contributed by atoms with Crippen LogP contribution in [0.5, 0.6) is 5.75 Å². The Labute approximate surface area is 87.1 Å². The maximum absolute atomic E-state index is 5.71. The molecule has 0 saturated carbocycles. The Morgan fingerprint density at radius 1 is 1.14 bits per heavy atom. The molecule has 1 aromatic carbocycles. The van der Waals surface area contributed by atoms with Crippen molar-refractivity contribution in [3.05, 3.63) is 30.3 Å². The maximum Gasteiger partial charge on any atom is 0.119 e. The molecule has 0 aliphatic carbocycles. The average molecular weight is 192 g/mol. The Morgan fingerprint density at radius 3 is 2.43 bits per heavy atom. The van der Waals surface area contributed by atoms with Crippen molar-refractivity contribution in [2.24, 2.45) is 5.92 Å². The lowest BCUT2D eigenvalue weighted by atomic mass is 10.0. The first-order valence-corrected chi connectivity index (χ1v) is 5.54. The minimum absolute atomic E-state index is 0.709. The molecule has 0 aromatic heterocycles. The molecule has 0 fully saturated rings. The van der Waals surface area contributed by atoms with Crippen molar-refractivity contribution in [2.75, 3.05) is 6.61 Å². The van der Waals surface area contributed by atoms with Gasteiger partial charge in [0.1, 0.15) is 5.75 Å². The second-order valence-electron chi connectivity index (χ2n) is 3.69. The van der Waals surface area contributed by atoms with Crippen LogP contribution >= 0.6 is 0 Å². The maximum atomic E-state index is 5.71. The highest BCUT2D eigenvalue weighted by Crippen LogP contribution is 2.14. The van der Waals surface area contributed by atoms with Gasteiger partial charge in [-0.1, -0.05) is 44.9 Å². The zero-order chi connectivity index (χ0) is 10.2. The predicted molar refractivity (Wildman–Crippen MR) is 60.6 cm³/mol. The summed E-state index contributed by atoms with van der Waals surface area (Å²) in [5.41, 5.74) is 0. The molecular formula is C13H20O. The Hall–Kier alpha value is -0.980. The normalized spacial score (nSPS) is 12.4. The van der Waals surface area contributed by atoms with Crippen LogP contribution in [0.25, 0.3) is 0 Å². The summed E-state index contributed by atoms with van der Waals surface area (Å²) in [6.45, 7) is 5.31. The van der Waals surface area contributed by atoms with Gasteiger partial charge in [-0.3, -0.25) is 0 Å². The Morgan fingerprint density at radius 2 is 1.86 bits per heavy atom. The summed E-state index contributed by atoms with van der Waals surface area (Å²) in [5, 5.41) is 0. The van der Waals surface area contributed by atoms with Gasteiger partial charge in [0.05, 0.1) is 6.61 Å². The van der Waals surface area contributed by atoms with Gasteiger partial charge in [0.15, 0.2) is 0 Å². The molecule has 0 aliphatic rings. The van der Waals surface area contributed by atoms with Crippen LogP contribution in [0.4, 0.5) is 0 Å². The molecule has 0 aliphatic heterocycles. The predicted octanol–water partition coefficient (Wildman–Crippen LogP) is 3.89. The van der Waals surface area contributed by atoms with Crippen LogP contribution in [0, 0.1) is 5.92 Å².